The summed E-state index contributed by atoms with van der Waals surface area (Å²) in [5, 5.41) is 3.08. The predicted molar refractivity (Wildman–Crippen MR) is 94.0 cm³/mol. The van der Waals surface area contributed by atoms with Crippen LogP contribution in [0.15, 0.2) is 68.7 Å². The second-order valence-corrected chi connectivity index (χ2v) is 7.00. The summed E-state index contributed by atoms with van der Waals surface area (Å²) in [5.74, 6) is -0.254. The Bertz CT molecular complexity index is 1120. The highest BCUT2D eigenvalue weighted by molar-refractivity contribution is 7.92. The van der Waals surface area contributed by atoms with Crippen molar-refractivity contribution in [1.29, 1.82) is 0 Å². The fourth-order valence-electron chi connectivity index (χ4n) is 2.29. The van der Waals surface area contributed by atoms with Crippen molar-refractivity contribution in [3.05, 3.63) is 65.0 Å². The lowest BCUT2D eigenvalue weighted by Gasteiger charge is -2.10. The van der Waals surface area contributed by atoms with Gasteiger partial charge in [0.05, 0.1) is 10.6 Å². The highest BCUT2D eigenvalue weighted by Crippen LogP contribution is 2.22. The van der Waals surface area contributed by atoms with E-state index in [9.17, 15) is 18.0 Å². The topological polar surface area (TPSA) is 105 Å². The molecule has 3 rings (SSSR count). The molecule has 2 N–H and O–H groups in total. The van der Waals surface area contributed by atoms with E-state index in [2.05, 4.69) is 10.0 Å². The van der Waals surface area contributed by atoms with E-state index >= 15 is 0 Å². The summed E-state index contributed by atoms with van der Waals surface area (Å²) in [6.07, 6.45) is 0. The minimum absolute atomic E-state index is 0.0266. The fraction of sp³-hybridized carbons (Fsp3) is 0.0588. The lowest BCUT2D eigenvalue weighted by atomic mass is 10.2. The normalized spacial score (nSPS) is 11.2. The van der Waals surface area contributed by atoms with Crippen LogP contribution in [-0.4, -0.2) is 14.3 Å². The zero-order valence-corrected chi connectivity index (χ0v) is 14.0. The third kappa shape index (κ3) is 3.86. The molecule has 1 heterocycles. The average Bonchev–Trinajstić information content (AvgIpc) is 2.53. The molecule has 0 spiro atoms. The summed E-state index contributed by atoms with van der Waals surface area (Å²) in [4.78, 5) is 22.3. The van der Waals surface area contributed by atoms with Gasteiger partial charge in [0.2, 0.25) is 5.91 Å². The predicted octanol–water partition coefficient (Wildman–Crippen LogP) is 2.55. The van der Waals surface area contributed by atoms with Crippen LogP contribution in [0.2, 0.25) is 0 Å². The lowest BCUT2D eigenvalue weighted by Crippen LogP contribution is -2.13. The molecule has 1 aromatic heterocycles. The highest BCUT2D eigenvalue weighted by Gasteiger charge is 2.15. The SMILES string of the molecule is CC(=O)Nc1cccc(NS(=O)(=O)c2ccc3oc(=O)ccc3c2)c1. The summed E-state index contributed by atoms with van der Waals surface area (Å²) in [7, 11) is -3.84. The number of nitrogens with one attached hydrogen (secondary N) is 2. The van der Waals surface area contributed by atoms with Gasteiger partial charge in [0, 0.05) is 24.1 Å². The van der Waals surface area contributed by atoms with Crippen molar-refractivity contribution in [1.82, 2.24) is 0 Å². The third-order valence-corrected chi connectivity index (χ3v) is 4.72. The van der Waals surface area contributed by atoms with Crippen LogP contribution in [-0.2, 0) is 14.8 Å². The Morgan fingerprint density at radius 2 is 1.76 bits per heavy atom. The maximum absolute atomic E-state index is 12.6. The van der Waals surface area contributed by atoms with E-state index in [0.29, 0.717) is 22.3 Å². The number of amides is 1. The first-order valence-corrected chi connectivity index (χ1v) is 8.76. The Hall–Kier alpha value is -3.13. The Morgan fingerprint density at radius 1 is 1.00 bits per heavy atom. The van der Waals surface area contributed by atoms with E-state index in [1.165, 1.54) is 43.3 Å². The van der Waals surface area contributed by atoms with Gasteiger partial charge in [-0.2, -0.15) is 0 Å². The van der Waals surface area contributed by atoms with Crippen LogP contribution in [0.1, 0.15) is 6.92 Å². The first-order chi connectivity index (χ1) is 11.8. The van der Waals surface area contributed by atoms with Gasteiger partial charge in [0.25, 0.3) is 10.0 Å². The zero-order chi connectivity index (χ0) is 18.0. The van der Waals surface area contributed by atoms with Gasteiger partial charge in [0.1, 0.15) is 5.58 Å². The van der Waals surface area contributed by atoms with Gasteiger partial charge >= 0.3 is 5.63 Å². The van der Waals surface area contributed by atoms with Crippen molar-refractivity contribution in [2.45, 2.75) is 11.8 Å². The van der Waals surface area contributed by atoms with Crippen LogP contribution in [0.3, 0.4) is 0 Å². The molecule has 3 aromatic rings. The summed E-state index contributed by atoms with van der Waals surface area (Å²) < 4.78 is 32.6. The van der Waals surface area contributed by atoms with Crippen LogP contribution >= 0.6 is 0 Å². The van der Waals surface area contributed by atoms with Crippen LogP contribution in [0.25, 0.3) is 11.0 Å². The fourth-order valence-corrected chi connectivity index (χ4v) is 3.38. The average molecular weight is 358 g/mol. The van der Waals surface area contributed by atoms with Crippen molar-refractivity contribution in [2.24, 2.45) is 0 Å². The molecule has 2 aromatic carbocycles. The van der Waals surface area contributed by atoms with E-state index in [0.717, 1.165) is 0 Å². The van der Waals surface area contributed by atoms with Gasteiger partial charge in [-0.25, -0.2) is 13.2 Å². The molecular weight excluding hydrogens is 344 g/mol. The Labute approximate surface area is 143 Å². The molecule has 0 saturated carbocycles. The molecule has 0 saturated heterocycles. The van der Waals surface area contributed by atoms with E-state index < -0.39 is 15.6 Å². The molecule has 128 valence electrons. The van der Waals surface area contributed by atoms with Gasteiger partial charge in [-0.05, 0) is 42.5 Å². The number of fused-ring (bicyclic) bond motifs is 1. The quantitative estimate of drug-likeness (QED) is 0.697. The number of sulfonamides is 1. The number of carbonyl (C=O) groups excluding carboxylic acids is 1. The lowest BCUT2D eigenvalue weighted by molar-refractivity contribution is -0.114. The third-order valence-electron chi connectivity index (χ3n) is 3.34. The summed E-state index contributed by atoms with van der Waals surface area (Å²) in [6, 6.07) is 13.3. The minimum atomic E-state index is -3.84. The van der Waals surface area contributed by atoms with Crippen LogP contribution in [0.5, 0.6) is 0 Å². The van der Waals surface area contributed by atoms with Gasteiger partial charge in [-0.15, -0.1) is 0 Å². The van der Waals surface area contributed by atoms with Crippen molar-refractivity contribution in [3.63, 3.8) is 0 Å². The van der Waals surface area contributed by atoms with Crippen molar-refractivity contribution in [2.75, 3.05) is 10.0 Å². The number of carbonyl (C=O) groups is 1. The first kappa shape index (κ1) is 16.7. The van der Waals surface area contributed by atoms with Crippen LogP contribution < -0.4 is 15.7 Å². The standard InChI is InChI=1S/C17H14N2O5S/c1-11(20)18-13-3-2-4-14(10-13)19-25(22,23)15-6-7-16-12(9-15)5-8-17(21)24-16/h2-10,19H,1H3,(H,18,20). The smallest absolute Gasteiger partial charge is 0.336 e. The van der Waals surface area contributed by atoms with Gasteiger partial charge < -0.3 is 9.73 Å². The Morgan fingerprint density at radius 3 is 2.52 bits per heavy atom. The van der Waals surface area contributed by atoms with Gasteiger partial charge in [-0.1, -0.05) is 6.07 Å². The number of benzene rings is 2. The molecule has 0 radical (unpaired) electrons. The van der Waals surface area contributed by atoms with Crippen molar-refractivity contribution < 1.29 is 17.6 Å². The van der Waals surface area contributed by atoms with E-state index in [1.54, 1.807) is 18.2 Å². The molecule has 1 amide bonds. The molecule has 25 heavy (non-hydrogen) atoms. The monoisotopic (exact) mass is 358 g/mol. The molecule has 0 bridgehead atoms. The molecule has 8 heteroatoms. The second kappa shape index (κ2) is 6.40. The molecule has 0 aliphatic carbocycles. The maximum Gasteiger partial charge on any atom is 0.336 e. The van der Waals surface area contributed by atoms with Crippen molar-refractivity contribution >= 4 is 38.3 Å². The molecule has 0 aliphatic heterocycles. The molecule has 0 fully saturated rings. The summed E-state index contributed by atoms with van der Waals surface area (Å²) in [5.41, 5.74) is 0.592. The van der Waals surface area contributed by atoms with Gasteiger partial charge in [-0.3, -0.25) is 9.52 Å². The molecular formula is C17H14N2O5S. The molecule has 7 nitrogen and oxygen atoms in total. The molecule has 0 atom stereocenters. The Kier molecular flexibility index (Phi) is 4.28. The molecule has 0 aliphatic rings. The minimum Gasteiger partial charge on any atom is -0.423 e. The first-order valence-electron chi connectivity index (χ1n) is 7.28. The number of rotatable bonds is 4. The highest BCUT2D eigenvalue weighted by atomic mass is 32.2. The molecule has 0 unspecified atom stereocenters. The van der Waals surface area contributed by atoms with Crippen LogP contribution in [0, 0.1) is 0 Å². The van der Waals surface area contributed by atoms with E-state index in [4.69, 9.17) is 4.42 Å². The van der Waals surface area contributed by atoms with Crippen molar-refractivity contribution in [3.8, 4) is 0 Å². The summed E-state index contributed by atoms with van der Waals surface area (Å²) >= 11 is 0. The Balaban J connectivity index is 1.93. The largest absolute Gasteiger partial charge is 0.423 e. The number of hydrogen-bond acceptors (Lipinski definition) is 5. The van der Waals surface area contributed by atoms with Gasteiger partial charge in [0.15, 0.2) is 0 Å². The summed E-state index contributed by atoms with van der Waals surface area (Å²) in [6.45, 7) is 1.37. The van der Waals surface area contributed by atoms with Crippen LogP contribution in [0.4, 0.5) is 11.4 Å². The maximum atomic E-state index is 12.6. The number of hydrogen-bond donors (Lipinski definition) is 2. The van der Waals surface area contributed by atoms with E-state index in [1.807, 2.05) is 0 Å². The zero-order valence-electron chi connectivity index (χ0n) is 13.1. The van der Waals surface area contributed by atoms with E-state index in [-0.39, 0.29) is 10.8 Å². The second-order valence-electron chi connectivity index (χ2n) is 5.32. The number of anilines is 2.